The van der Waals surface area contributed by atoms with Gasteiger partial charge in [0.15, 0.2) is 0 Å². The summed E-state index contributed by atoms with van der Waals surface area (Å²) in [5.41, 5.74) is 0. The van der Waals surface area contributed by atoms with Crippen LogP contribution in [0.5, 0.6) is 0 Å². The van der Waals surface area contributed by atoms with Gasteiger partial charge in [-0.2, -0.15) is 0 Å². The molecule has 6 nitrogen and oxygen atoms in total. The van der Waals surface area contributed by atoms with E-state index in [-0.39, 0.29) is 0 Å². The van der Waals surface area contributed by atoms with Gasteiger partial charge in [0.05, 0.1) is 6.10 Å². The van der Waals surface area contributed by atoms with Crippen LogP contribution in [0.25, 0.3) is 0 Å². The molecule has 1 saturated heterocycles. The molecule has 3 N–H and O–H groups in total. The molecule has 0 aromatic heterocycles. The Morgan fingerprint density at radius 1 is 1.53 bits per heavy atom. The standard InChI is InChI=1S/C9H17NO5/c1-4-10(3)8(13)9(14)7(12)6(11)5(2)15-9/h5-7,11-12,14H,4H2,1-3H3/t5-,6+,7-,9-/m1/s1. The number of carbonyl (C=O) groups excluding carboxylic acids is 1. The number of aliphatic hydroxyl groups is 3. The zero-order valence-corrected chi connectivity index (χ0v) is 9.04. The molecule has 0 spiro atoms. The van der Waals surface area contributed by atoms with Crippen LogP contribution in [-0.2, 0) is 9.53 Å². The molecule has 1 amide bonds. The second kappa shape index (κ2) is 4.05. The van der Waals surface area contributed by atoms with Crippen LogP contribution < -0.4 is 0 Å². The first-order valence-corrected chi connectivity index (χ1v) is 4.86. The zero-order valence-electron chi connectivity index (χ0n) is 9.04. The van der Waals surface area contributed by atoms with Crippen molar-refractivity contribution in [3.63, 3.8) is 0 Å². The van der Waals surface area contributed by atoms with Gasteiger partial charge in [0.2, 0.25) is 0 Å². The van der Waals surface area contributed by atoms with Gasteiger partial charge in [0, 0.05) is 13.6 Å². The normalized spacial score (nSPS) is 40.5. The Balaban J connectivity index is 2.88. The highest BCUT2D eigenvalue weighted by Crippen LogP contribution is 2.30. The third-order valence-corrected chi connectivity index (χ3v) is 2.70. The van der Waals surface area contributed by atoms with Gasteiger partial charge < -0.3 is 25.0 Å². The van der Waals surface area contributed by atoms with E-state index in [4.69, 9.17) is 4.74 Å². The van der Waals surface area contributed by atoms with Crippen molar-refractivity contribution in [1.82, 2.24) is 4.90 Å². The second-order valence-electron chi connectivity index (χ2n) is 3.77. The Labute approximate surface area is 88.1 Å². The molecule has 6 heteroatoms. The minimum absolute atomic E-state index is 0.377. The lowest BCUT2D eigenvalue weighted by Crippen LogP contribution is -2.55. The molecular weight excluding hydrogens is 202 g/mol. The van der Waals surface area contributed by atoms with Crippen LogP contribution in [0.4, 0.5) is 0 Å². The van der Waals surface area contributed by atoms with E-state index in [2.05, 4.69) is 0 Å². The van der Waals surface area contributed by atoms with Gasteiger partial charge >= 0.3 is 0 Å². The third kappa shape index (κ3) is 1.85. The maximum Gasteiger partial charge on any atom is 0.285 e. The first-order chi connectivity index (χ1) is 6.84. The maximum absolute atomic E-state index is 11.7. The summed E-state index contributed by atoms with van der Waals surface area (Å²) in [6, 6.07) is 0. The van der Waals surface area contributed by atoms with Crippen LogP contribution >= 0.6 is 0 Å². The summed E-state index contributed by atoms with van der Waals surface area (Å²) in [6.45, 7) is 3.58. The predicted octanol–water partition coefficient (Wildman–Crippen LogP) is -1.71. The number of amides is 1. The number of aliphatic hydroxyl groups excluding tert-OH is 2. The fraction of sp³-hybridized carbons (Fsp3) is 0.889. The molecule has 0 radical (unpaired) electrons. The summed E-state index contributed by atoms with van der Waals surface area (Å²) in [7, 11) is 1.48. The number of carbonyl (C=O) groups is 1. The first kappa shape index (κ1) is 12.4. The Kier molecular flexibility index (Phi) is 3.34. The molecule has 15 heavy (non-hydrogen) atoms. The third-order valence-electron chi connectivity index (χ3n) is 2.70. The average molecular weight is 219 g/mol. The van der Waals surface area contributed by atoms with Gasteiger partial charge in [0.1, 0.15) is 12.2 Å². The number of hydrogen-bond donors (Lipinski definition) is 3. The van der Waals surface area contributed by atoms with E-state index in [0.29, 0.717) is 6.54 Å². The highest BCUT2D eigenvalue weighted by molar-refractivity contribution is 5.84. The molecule has 0 saturated carbocycles. The van der Waals surface area contributed by atoms with Crippen molar-refractivity contribution in [2.45, 2.75) is 37.9 Å². The summed E-state index contributed by atoms with van der Waals surface area (Å²) < 4.78 is 4.92. The molecule has 88 valence electrons. The summed E-state index contributed by atoms with van der Waals surface area (Å²) in [5, 5.41) is 28.8. The summed E-state index contributed by atoms with van der Waals surface area (Å²) in [6.07, 6.45) is -3.66. The van der Waals surface area contributed by atoms with Crippen molar-refractivity contribution in [2.75, 3.05) is 13.6 Å². The van der Waals surface area contributed by atoms with Crippen molar-refractivity contribution >= 4 is 5.91 Å². The number of nitrogens with zero attached hydrogens (tertiary/aromatic N) is 1. The highest BCUT2D eigenvalue weighted by atomic mass is 16.7. The molecule has 4 atom stereocenters. The fourth-order valence-corrected chi connectivity index (χ4v) is 1.50. The molecule has 0 unspecified atom stereocenters. The molecule has 0 aromatic rings. The summed E-state index contributed by atoms with van der Waals surface area (Å²) in [5.74, 6) is -3.08. The highest BCUT2D eigenvalue weighted by Gasteiger charge is 2.57. The molecule has 0 aliphatic carbocycles. The molecule has 1 rings (SSSR count). The van der Waals surface area contributed by atoms with Gasteiger partial charge in [0.25, 0.3) is 11.7 Å². The van der Waals surface area contributed by atoms with Gasteiger partial charge in [-0.1, -0.05) is 0 Å². The van der Waals surface area contributed by atoms with E-state index >= 15 is 0 Å². The van der Waals surface area contributed by atoms with Crippen molar-refractivity contribution in [3.8, 4) is 0 Å². The molecule has 0 aromatic carbocycles. The van der Waals surface area contributed by atoms with Crippen molar-refractivity contribution < 1.29 is 24.9 Å². The van der Waals surface area contributed by atoms with Crippen LogP contribution in [-0.4, -0.2) is 63.8 Å². The topological polar surface area (TPSA) is 90.2 Å². The van der Waals surface area contributed by atoms with Gasteiger partial charge in [-0.25, -0.2) is 0 Å². The minimum atomic E-state index is -2.33. The Bertz CT molecular complexity index is 259. The molecule has 0 bridgehead atoms. The van der Waals surface area contributed by atoms with Gasteiger partial charge in [-0.05, 0) is 13.8 Å². The molecular formula is C9H17NO5. The maximum atomic E-state index is 11.7. The number of ether oxygens (including phenoxy) is 1. The molecule has 1 heterocycles. The van der Waals surface area contributed by atoms with Crippen LogP contribution in [0.1, 0.15) is 13.8 Å². The van der Waals surface area contributed by atoms with E-state index in [1.54, 1.807) is 6.92 Å². The fourth-order valence-electron chi connectivity index (χ4n) is 1.50. The molecule has 1 aliphatic rings. The van der Waals surface area contributed by atoms with Crippen LogP contribution in [0.3, 0.4) is 0 Å². The summed E-state index contributed by atoms with van der Waals surface area (Å²) in [4.78, 5) is 12.9. The minimum Gasteiger partial charge on any atom is -0.387 e. The van der Waals surface area contributed by atoms with Crippen molar-refractivity contribution in [3.05, 3.63) is 0 Å². The Morgan fingerprint density at radius 3 is 2.40 bits per heavy atom. The van der Waals surface area contributed by atoms with E-state index in [1.165, 1.54) is 18.9 Å². The quantitative estimate of drug-likeness (QED) is 0.514. The van der Waals surface area contributed by atoms with E-state index in [9.17, 15) is 20.1 Å². The summed E-state index contributed by atoms with van der Waals surface area (Å²) >= 11 is 0. The molecule has 1 fully saturated rings. The predicted molar refractivity (Wildman–Crippen MR) is 50.8 cm³/mol. The Morgan fingerprint density at radius 2 is 2.07 bits per heavy atom. The number of rotatable bonds is 2. The van der Waals surface area contributed by atoms with E-state index < -0.39 is 30.0 Å². The van der Waals surface area contributed by atoms with Crippen molar-refractivity contribution in [1.29, 1.82) is 0 Å². The van der Waals surface area contributed by atoms with Crippen LogP contribution in [0.15, 0.2) is 0 Å². The smallest absolute Gasteiger partial charge is 0.285 e. The number of hydrogen-bond acceptors (Lipinski definition) is 5. The van der Waals surface area contributed by atoms with Gasteiger partial charge in [-0.3, -0.25) is 4.79 Å². The monoisotopic (exact) mass is 219 g/mol. The lowest BCUT2D eigenvalue weighted by atomic mass is 10.0. The van der Waals surface area contributed by atoms with Crippen LogP contribution in [0.2, 0.25) is 0 Å². The SMILES string of the molecule is CCN(C)C(=O)[C@]1(O)O[C@H](C)[C@H](O)[C@H]1O. The zero-order chi connectivity index (χ0) is 11.8. The van der Waals surface area contributed by atoms with Crippen LogP contribution in [0, 0.1) is 0 Å². The van der Waals surface area contributed by atoms with Crippen molar-refractivity contribution in [2.24, 2.45) is 0 Å². The van der Waals surface area contributed by atoms with E-state index in [1.807, 2.05) is 0 Å². The lowest BCUT2D eigenvalue weighted by molar-refractivity contribution is -0.229. The number of likely N-dealkylation sites (N-methyl/N-ethyl adjacent to an activating group) is 1. The largest absolute Gasteiger partial charge is 0.387 e. The average Bonchev–Trinajstić information content (AvgIpc) is 2.41. The first-order valence-electron chi connectivity index (χ1n) is 4.86. The lowest BCUT2D eigenvalue weighted by Gasteiger charge is -2.28. The van der Waals surface area contributed by atoms with E-state index in [0.717, 1.165) is 0 Å². The van der Waals surface area contributed by atoms with Gasteiger partial charge in [-0.15, -0.1) is 0 Å². The second-order valence-corrected chi connectivity index (χ2v) is 3.77. The Hall–Kier alpha value is -0.690. The molecule has 1 aliphatic heterocycles.